The quantitative estimate of drug-likeness (QED) is 0.156. The number of nitrogens with zero attached hydrogens (tertiary/aromatic N) is 1. The van der Waals surface area contributed by atoms with E-state index < -0.39 is 48.1 Å². The second-order valence-corrected chi connectivity index (χ2v) is 13.3. The molecule has 1 aliphatic carbocycles. The van der Waals surface area contributed by atoms with Gasteiger partial charge in [-0.2, -0.15) is 13.2 Å². The molecule has 0 radical (unpaired) electrons. The summed E-state index contributed by atoms with van der Waals surface area (Å²) in [5, 5.41) is 12.8. The van der Waals surface area contributed by atoms with Crippen molar-refractivity contribution in [3.63, 3.8) is 0 Å². The van der Waals surface area contributed by atoms with E-state index >= 15 is 0 Å². The summed E-state index contributed by atoms with van der Waals surface area (Å²) in [6.07, 6.45) is -0.619. The van der Waals surface area contributed by atoms with E-state index in [2.05, 4.69) is 5.32 Å². The van der Waals surface area contributed by atoms with E-state index in [1.807, 2.05) is 54.6 Å². The molecule has 0 unspecified atom stereocenters. The number of halogens is 4. The number of benzene rings is 4. The van der Waals surface area contributed by atoms with E-state index in [0.29, 0.717) is 5.56 Å². The molecular weight excluding hydrogens is 664 g/mol. The van der Waals surface area contributed by atoms with Gasteiger partial charge in [-0.25, -0.2) is 9.18 Å². The number of carbonyl (C=O) groups is 3. The molecule has 1 heterocycles. The van der Waals surface area contributed by atoms with Crippen LogP contribution in [0.25, 0.3) is 11.1 Å². The third kappa shape index (κ3) is 8.58. The number of nitrogens with one attached hydrogen (secondary N) is 1. The summed E-state index contributed by atoms with van der Waals surface area (Å²) < 4.78 is 60.4. The Balaban J connectivity index is 1.19. The first-order valence-electron chi connectivity index (χ1n) is 17.0. The van der Waals surface area contributed by atoms with E-state index in [1.165, 1.54) is 11.0 Å². The summed E-state index contributed by atoms with van der Waals surface area (Å²) >= 11 is 0. The zero-order chi connectivity index (χ0) is 36.1. The minimum atomic E-state index is -4.90. The van der Waals surface area contributed by atoms with Gasteiger partial charge in [-0.15, -0.1) is 0 Å². The Hall–Kier alpha value is -5.19. The summed E-state index contributed by atoms with van der Waals surface area (Å²) in [4.78, 5) is 41.4. The summed E-state index contributed by atoms with van der Waals surface area (Å²) in [6, 6.07) is 22.9. The number of carboxylic acid groups (broad SMARTS) is 1. The van der Waals surface area contributed by atoms with Gasteiger partial charge >= 0.3 is 12.1 Å². The molecule has 266 valence electrons. The highest BCUT2D eigenvalue weighted by Gasteiger charge is 2.38. The molecule has 2 amide bonds. The van der Waals surface area contributed by atoms with Gasteiger partial charge < -0.3 is 20.1 Å². The van der Waals surface area contributed by atoms with Gasteiger partial charge in [-0.05, 0) is 64.8 Å². The predicted molar refractivity (Wildman–Crippen MR) is 182 cm³/mol. The maximum atomic E-state index is 14.1. The van der Waals surface area contributed by atoms with Gasteiger partial charge in [0.25, 0.3) is 0 Å². The number of hydrogen-bond acceptors (Lipinski definition) is 4. The summed E-state index contributed by atoms with van der Waals surface area (Å²) in [7, 11) is 0. The minimum Gasteiger partial charge on any atom is -0.489 e. The van der Waals surface area contributed by atoms with Gasteiger partial charge in [0.2, 0.25) is 11.8 Å². The van der Waals surface area contributed by atoms with Crippen molar-refractivity contribution in [3.8, 4) is 16.9 Å². The summed E-state index contributed by atoms with van der Waals surface area (Å²) in [5.74, 6) is -2.99. The van der Waals surface area contributed by atoms with E-state index in [9.17, 15) is 37.1 Å². The third-order valence-electron chi connectivity index (χ3n) is 9.76. The molecule has 2 aliphatic rings. The minimum absolute atomic E-state index is 0.0304. The Labute approximate surface area is 293 Å². The van der Waals surface area contributed by atoms with Crippen molar-refractivity contribution in [2.45, 2.75) is 76.4 Å². The molecule has 51 heavy (non-hydrogen) atoms. The molecule has 11 heteroatoms. The van der Waals surface area contributed by atoms with E-state index in [-0.39, 0.29) is 48.9 Å². The first-order chi connectivity index (χ1) is 24.5. The molecule has 7 nitrogen and oxygen atoms in total. The average molecular weight is 703 g/mol. The number of fused-ring (bicyclic) bond motifs is 1. The number of rotatable bonds is 11. The third-order valence-corrected chi connectivity index (χ3v) is 9.76. The summed E-state index contributed by atoms with van der Waals surface area (Å²) in [5.41, 5.74) is 2.35. The van der Waals surface area contributed by atoms with Crippen LogP contribution in [0.1, 0.15) is 59.9 Å². The van der Waals surface area contributed by atoms with Crippen molar-refractivity contribution in [2.24, 2.45) is 5.92 Å². The van der Waals surface area contributed by atoms with Crippen LogP contribution in [0.4, 0.5) is 17.6 Å². The van der Waals surface area contributed by atoms with Crippen molar-refractivity contribution in [1.82, 2.24) is 10.2 Å². The monoisotopic (exact) mass is 702 g/mol. The lowest BCUT2D eigenvalue weighted by atomic mass is 9.91. The van der Waals surface area contributed by atoms with E-state index in [4.69, 9.17) is 4.74 Å². The van der Waals surface area contributed by atoms with E-state index in [1.54, 1.807) is 18.2 Å². The fourth-order valence-corrected chi connectivity index (χ4v) is 7.06. The highest BCUT2D eigenvalue weighted by atomic mass is 19.4. The molecule has 0 saturated heterocycles. The van der Waals surface area contributed by atoms with Crippen LogP contribution in [-0.4, -0.2) is 39.9 Å². The fourth-order valence-electron chi connectivity index (χ4n) is 7.06. The lowest BCUT2D eigenvalue weighted by molar-refractivity contribution is -0.145. The molecule has 0 aromatic heterocycles. The molecular formula is C40H38F4N2O5. The number of ether oxygens (including phenoxy) is 1. The fraction of sp³-hybridized carbons (Fsp3) is 0.325. The Bertz CT molecular complexity index is 1870. The smallest absolute Gasteiger partial charge is 0.419 e. The molecule has 2 atom stereocenters. The normalized spacial score (nSPS) is 16.7. The van der Waals surface area contributed by atoms with Crippen LogP contribution in [0.15, 0.2) is 91.0 Å². The number of hydrogen-bond donors (Lipinski definition) is 2. The van der Waals surface area contributed by atoms with Crippen LogP contribution in [0.5, 0.6) is 5.75 Å². The number of carboxylic acids is 1. The van der Waals surface area contributed by atoms with Gasteiger partial charge in [0.05, 0.1) is 5.56 Å². The maximum Gasteiger partial charge on any atom is 0.419 e. The lowest BCUT2D eigenvalue weighted by Crippen LogP contribution is -2.56. The Morgan fingerprint density at radius 2 is 1.59 bits per heavy atom. The van der Waals surface area contributed by atoms with Gasteiger partial charge in [-0.3, -0.25) is 9.59 Å². The molecule has 1 saturated carbocycles. The zero-order valence-electron chi connectivity index (χ0n) is 27.8. The number of aliphatic carboxylic acids is 1. The average Bonchev–Trinajstić information content (AvgIpc) is 3.63. The van der Waals surface area contributed by atoms with Crippen LogP contribution >= 0.6 is 0 Å². The number of amides is 2. The standard InChI is InChI=1S/C40H38F4N2O5/c41-33-12-6-11-30(37(33)40(42,43)44)24-51-32-18-17-29-22-35(46(23-31(29)21-32)36(47)20-25-7-4-5-8-25)38(48)45-34(39(49)50)19-26-13-15-28(16-14-26)27-9-2-1-3-10-27/h1-3,6,9-18,21,25,34-35H,4-5,7-8,19-20,22-24H2,(H,45,48)(H,49,50)/t34-,35-/m0/s1. The highest BCUT2D eigenvalue weighted by molar-refractivity contribution is 5.91. The maximum absolute atomic E-state index is 14.1. The van der Waals surface area contributed by atoms with E-state index in [0.717, 1.165) is 60.1 Å². The van der Waals surface area contributed by atoms with Crippen LogP contribution in [0, 0.1) is 11.7 Å². The Kier molecular flexibility index (Phi) is 10.7. The molecule has 0 bridgehead atoms. The molecule has 1 fully saturated rings. The molecule has 6 rings (SSSR count). The Morgan fingerprint density at radius 3 is 2.27 bits per heavy atom. The Morgan fingerprint density at radius 1 is 0.882 bits per heavy atom. The number of carbonyl (C=O) groups excluding carboxylic acids is 2. The van der Waals surface area contributed by atoms with Crippen molar-refractivity contribution in [1.29, 1.82) is 0 Å². The van der Waals surface area contributed by atoms with Crippen LogP contribution in [0.2, 0.25) is 0 Å². The topological polar surface area (TPSA) is 95.9 Å². The van der Waals surface area contributed by atoms with Crippen molar-refractivity contribution in [3.05, 3.63) is 125 Å². The van der Waals surface area contributed by atoms with Gasteiger partial charge in [-0.1, -0.05) is 85.6 Å². The highest BCUT2D eigenvalue weighted by Crippen LogP contribution is 2.36. The van der Waals surface area contributed by atoms with Crippen LogP contribution in [0.3, 0.4) is 0 Å². The first kappa shape index (κ1) is 35.6. The SMILES string of the molecule is O=C(O)[C@H](Cc1ccc(-c2ccccc2)cc1)NC(=O)[C@@H]1Cc2ccc(OCc3cccc(F)c3C(F)(F)F)cc2CN1C(=O)CC1CCCC1. The predicted octanol–water partition coefficient (Wildman–Crippen LogP) is 7.74. The second kappa shape index (κ2) is 15.4. The molecule has 0 spiro atoms. The molecule has 4 aromatic carbocycles. The van der Waals surface area contributed by atoms with Gasteiger partial charge in [0.15, 0.2) is 0 Å². The molecule has 4 aromatic rings. The second-order valence-electron chi connectivity index (χ2n) is 13.3. The zero-order valence-corrected chi connectivity index (χ0v) is 27.8. The van der Waals surface area contributed by atoms with Crippen molar-refractivity contribution < 1.29 is 41.8 Å². The summed E-state index contributed by atoms with van der Waals surface area (Å²) in [6.45, 7) is -0.505. The van der Waals surface area contributed by atoms with Gasteiger partial charge in [0, 0.05) is 31.4 Å². The lowest BCUT2D eigenvalue weighted by Gasteiger charge is -2.37. The van der Waals surface area contributed by atoms with Crippen molar-refractivity contribution >= 4 is 17.8 Å². The molecule has 1 aliphatic heterocycles. The largest absolute Gasteiger partial charge is 0.489 e. The molecule has 2 N–H and O–H groups in total. The number of alkyl halides is 3. The van der Waals surface area contributed by atoms with Crippen molar-refractivity contribution in [2.75, 3.05) is 0 Å². The van der Waals surface area contributed by atoms with Gasteiger partial charge in [0.1, 0.15) is 30.3 Å². The first-order valence-corrected chi connectivity index (χ1v) is 17.0. The van der Waals surface area contributed by atoms with Crippen LogP contribution < -0.4 is 10.1 Å². The van der Waals surface area contributed by atoms with Crippen LogP contribution in [-0.2, 0) is 46.6 Å².